The first-order chi connectivity index (χ1) is 4.58. The summed E-state index contributed by atoms with van der Waals surface area (Å²) in [4.78, 5) is 3.76. The molecule has 0 amide bonds. The van der Waals surface area contributed by atoms with Crippen LogP contribution in [0.15, 0.2) is 9.75 Å². The molecule has 0 saturated carbocycles. The first-order valence-electron chi connectivity index (χ1n) is 2.97. The minimum Gasteiger partial charge on any atom is -0.327 e. The van der Waals surface area contributed by atoms with Crippen molar-refractivity contribution in [2.24, 2.45) is 0 Å². The van der Waals surface area contributed by atoms with E-state index in [1.165, 1.54) is 11.8 Å². The van der Waals surface area contributed by atoms with Crippen LogP contribution >= 0.6 is 11.8 Å². The van der Waals surface area contributed by atoms with E-state index in [1.54, 1.807) is 0 Å². The highest BCUT2D eigenvalue weighted by molar-refractivity contribution is 8.00. The molecular formula is C6H9N2OS. The molecule has 55 valence electrons. The largest absolute Gasteiger partial charge is 0.327 e. The fourth-order valence-electron chi connectivity index (χ4n) is 0.444. The van der Waals surface area contributed by atoms with E-state index in [4.69, 9.17) is 4.52 Å². The van der Waals surface area contributed by atoms with Crippen molar-refractivity contribution in [1.82, 2.24) is 10.1 Å². The predicted octanol–water partition coefficient (Wildman–Crippen LogP) is 1.76. The Morgan fingerprint density at radius 3 is 2.60 bits per heavy atom. The number of nitrogens with zero attached hydrogens (tertiary/aromatic N) is 2. The van der Waals surface area contributed by atoms with Gasteiger partial charge in [-0.3, -0.25) is 0 Å². The molecule has 1 aromatic rings. The van der Waals surface area contributed by atoms with Crippen molar-refractivity contribution < 1.29 is 4.52 Å². The molecule has 0 N–H and O–H groups in total. The Morgan fingerprint density at radius 2 is 2.20 bits per heavy atom. The standard InChI is InChI=1S/C6H9N2OS/c1-6(2,3)10-5-7-4-8-9-5/h1-3H3. The molecule has 0 unspecified atom stereocenters. The van der Waals surface area contributed by atoms with Gasteiger partial charge in [0.2, 0.25) is 6.33 Å². The van der Waals surface area contributed by atoms with Crippen LogP contribution in [-0.4, -0.2) is 14.9 Å². The Labute approximate surface area is 64.2 Å². The Hall–Kier alpha value is -0.510. The molecule has 0 saturated heterocycles. The average Bonchev–Trinajstić information content (AvgIpc) is 2.12. The molecule has 0 spiro atoms. The van der Waals surface area contributed by atoms with Gasteiger partial charge in [-0.1, -0.05) is 37.7 Å². The highest BCUT2D eigenvalue weighted by atomic mass is 32.2. The van der Waals surface area contributed by atoms with Crippen LogP contribution in [0, 0.1) is 6.33 Å². The zero-order valence-corrected chi connectivity index (χ0v) is 7.03. The summed E-state index contributed by atoms with van der Waals surface area (Å²) in [5, 5.41) is 3.95. The van der Waals surface area contributed by atoms with E-state index in [2.05, 4.69) is 37.2 Å². The van der Waals surface area contributed by atoms with Gasteiger partial charge in [0.15, 0.2) is 0 Å². The molecule has 1 radical (unpaired) electrons. The van der Waals surface area contributed by atoms with Crippen molar-refractivity contribution in [2.45, 2.75) is 30.7 Å². The third-order valence-corrected chi connectivity index (χ3v) is 1.65. The SMILES string of the molecule is CC(C)(C)Sc1n[c]no1. The summed E-state index contributed by atoms with van der Waals surface area (Å²) in [6.07, 6.45) is 2.36. The second kappa shape index (κ2) is 2.62. The van der Waals surface area contributed by atoms with Crippen molar-refractivity contribution in [3.8, 4) is 0 Å². The highest BCUT2D eigenvalue weighted by Gasteiger charge is 2.15. The fourth-order valence-corrected chi connectivity index (χ4v) is 1.13. The molecule has 1 rings (SSSR count). The molecule has 0 aromatic carbocycles. The van der Waals surface area contributed by atoms with Gasteiger partial charge >= 0.3 is 0 Å². The van der Waals surface area contributed by atoms with Gasteiger partial charge < -0.3 is 4.52 Å². The molecular weight excluding hydrogens is 148 g/mol. The summed E-state index contributed by atoms with van der Waals surface area (Å²) in [5.74, 6) is 0. The second-order valence-corrected chi connectivity index (χ2v) is 4.65. The first-order valence-corrected chi connectivity index (χ1v) is 3.78. The van der Waals surface area contributed by atoms with Crippen molar-refractivity contribution in [3.05, 3.63) is 6.33 Å². The molecule has 0 aliphatic carbocycles. The lowest BCUT2D eigenvalue weighted by molar-refractivity contribution is 0.338. The van der Waals surface area contributed by atoms with E-state index < -0.39 is 0 Å². The molecule has 0 atom stereocenters. The number of thioether (sulfide) groups is 1. The zero-order chi connectivity index (χ0) is 7.61. The number of rotatable bonds is 1. The maximum absolute atomic E-state index is 4.76. The fraction of sp³-hybridized carbons (Fsp3) is 0.667. The first kappa shape index (κ1) is 7.60. The van der Waals surface area contributed by atoms with Gasteiger partial charge in [0.1, 0.15) is 0 Å². The zero-order valence-electron chi connectivity index (χ0n) is 6.21. The van der Waals surface area contributed by atoms with Crippen LogP contribution in [0.25, 0.3) is 0 Å². The van der Waals surface area contributed by atoms with Gasteiger partial charge in [0, 0.05) is 4.75 Å². The van der Waals surface area contributed by atoms with Crippen LogP contribution in [-0.2, 0) is 0 Å². The Morgan fingerprint density at radius 1 is 1.50 bits per heavy atom. The molecule has 4 heteroatoms. The van der Waals surface area contributed by atoms with E-state index in [1.807, 2.05) is 0 Å². The molecule has 3 nitrogen and oxygen atoms in total. The normalized spacial score (nSPS) is 11.9. The van der Waals surface area contributed by atoms with Crippen molar-refractivity contribution >= 4 is 11.8 Å². The molecule has 10 heavy (non-hydrogen) atoms. The van der Waals surface area contributed by atoms with Crippen molar-refractivity contribution in [3.63, 3.8) is 0 Å². The third kappa shape index (κ3) is 2.39. The van der Waals surface area contributed by atoms with Crippen LogP contribution in [0.2, 0.25) is 0 Å². The third-order valence-electron chi connectivity index (χ3n) is 0.699. The summed E-state index contributed by atoms with van der Waals surface area (Å²) in [7, 11) is 0. The average molecular weight is 157 g/mol. The molecule has 0 aliphatic heterocycles. The monoisotopic (exact) mass is 157 g/mol. The van der Waals surface area contributed by atoms with Gasteiger partial charge in [-0.2, -0.15) is 4.98 Å². The lowest BCUT2D eigenvalue weighted by Gasteiger charge is -2.12. The Balaban J connectivity index is 2.57. The van der Waals surface area contributed by atoms with Gasteiger partial charge in [0.25, 0.3) is 5.22 Å². The van der Waals surface area contributed by atoms with Crippen LogP contribution in [0.3, 0.4) is 0 Å². The lowest BCUT2D eigenvalue weighted by Crippen LogP contribution is -2.06. The van der Waals surface area contributed by atoms with E-state index in [0.29, 0.717) is 5.22 Å². The maximum Gasteiger partial charge on any atom is 0.286 e. The summed E-state index contributed by atoms with van der Waals surface area (Å²) < 4.78 is 4.88. The van der Waals surface area contributed by atoms with E-state index in [-0.39, 0.29) is 4.75 Å². The lowest BCUT2D eigenvalue weighted by atomic mass is 10.3. The van der Waals surface area contributed by atoms with Gasteiger partial charge in [-0.05, 0) is 0 Å². The van der Waals surface area contributed by atoms with Gasteiger partial charge in [-0.25, -0.2) is 0 Å². The maximum atomic E-state index is 4.76. The Bertz CT molecular complexity index is 190. The minimum absolute atomic E-state index is 0.125. The Kier molecular flexibility index (Phi) is 1.99. The van der Waals surface area contributed by atoms with Crippen LogP contribution < -0.4 is 0 Å². The molecule has 0 fully saturated rings. The van der Waals surface area contributed by atoms with Crippen LogP contribution in [0.5, 0.6) is 0 Å². The second-order valence-electron chi connectivity index (χ2n) is 2.87. The van der Waals surface area contributed by atoms with Crippen molar-refractivity contribution in [2.75, 3.05) is 0 Å². The summed E-state index contributed by atoms with van der Waals surface area (Å²) in [5.41, 5.74) is 0. The number of hydrogen-bond donors (Lipinski definition) is 0. The minimum atomic E-state index is 0.125. The molecule has 0 aliphatic rings. The van der Waals surface area contributed by atoms with Gasteiger partial charge in [0.05, 0.1) is 0 Å². The van der Waals surface area contributed by atoms with Gasteiger partial charge in [-0.15, -0.1) is 0 Å². The van der Waals surface area contributed by atoms with Crippen LogP contribution in [0.4, 0.5) is 0 Å². The topological polar surface area (TPSA) is 38.9 Å². The predicted molar refractivity (Wildman–Crippen MR) is 38.7 cm³/mol. The molecule has 0 bridgehead atoms. The number of hydrogen-bond acceptors (Lipinski definition) is 4. The number of aromatic nitrogens is 2. The smallest absolute Gasteiger partial charge is 0.286 e. The van der Waals surface area contributed by atoms with Crippen LogP contribution in [0.1, 0.15) is 20.8 Å². The molecule has 1 heterocycles. The highest BCUT2D eigenvalue weighted by Crippen LogP contribution is 2.29. The van der Waals surface area contributed by atoms with E-state index in [9.17, 15) is 0 Å². The molecule has 1 aromatic heterocycles. The quantitative estimate of drug-likeness (QED) is 0.582. The van der Waals surface area contributed by atoms with Crippen molar-refractivity contribution in [1.29, 1.82) is 0 Å². The summed E-state index contributed by atoms with van der Waals surface area (Å²) in [6.45, 7) is 6.26. The summed E-state index contributed by atoms with van der Waals surface area (Å²) >= 11 is 1.54. The van der Waals surface area contributed by atoms with E-state index in [0.717, 1.165) is 0 Å². The van der Waals surface area contributed by atoms with E-state index >= 15 is 0 Å². The summed E-state index contributed by atoms with van der Waals surface area (Å²) in [6, 6.07) is 0.